The van der Waals surface area contributed by atoms with Gasteiger partial charge in [-0.25, -0.2) is 4.79 Å². The molecule has 1 aromatic rings. The number of carbonyl (C=O) groups excluding carboxylic acids is 3. The second-order valence-corrected chi connectivity index (χ2v) is 9.51. The summed E-state index contributed by atoms with van der Waals surface area (Å²) in [6.45, 7) is 3.94. The average Bonchev–Trinajstić information content (AvgIpc) is 2.83. The maximum absolute atomic E-state index is 13.0. The molecule has 0 aliphatic heterocycles. The summed E-state index contributed by atoms with van der Waals surface area (Å²) in [5.74, 6) is -5.04. The molecule has 0 saturated heterocycles. The zero-order chi connectivity index (χ0) is 28.8. The number of aliphatic carboxylic acids is 2. The van der Waals surface area contributed by atoms with Crippen LogP contribution in [0.25, 0.3) is 0 Å². The van der Waals surface area contributed by atoms with Crippen LogP contribution in [0, 0.1) is 5.92 Å². The van der Waals surface area contributed by atoms with Crippen molar-refractivity contribution in [2.24, 2.45) is 17.4 Å². The molecule has 1 aromatic carbocycles. The van der Waals surface area contributed by atoms with Crippen molar-refractivity contribution in [1.29, 1.82) is 0 Å². The minimum Gasteiger partial charge on any atom is -0.508 e. The van der Waals surface area contributed by atoms with E-state index in [0.29, 0.717) is 24.9 Å². The second kappa shape index (κ2) is 16.2. The summed E-state index contributed by atoms with van der Waals surface area (Å²) in [6.07, 6.45) is 0.549. The van der Waals surface area contributed by atoms with E-state index in [0.717, 1.165) is 0 Å². The maximum atomic E-state index is 13.0. The summed E-state index contributed by atoms with van der Waals surface area (Å²) in [4.78, 5) is 61.5. The predicted molar refractivity (Wildman–Crippen MR) is 138 cm³/mol. The second-order valence-electron chi connectivity index (χ2n) is 9.51. The van der Waals surface area contributed by atoms with E-state index in [1.165, 1.54) is 12.1 Å². The molecule has 212 valence electrons. The highest BCUT2D eigenvalue weighted by atomic mass is 16.4. The molecule has 0 heterocycles. The predicted octanol–water partition coefficient (Wildman–Crippen LogP) is -0.549. The van der Waals surface area contributed by atoms with E-state index in [1.54, 1.807) is 26.0 Å². The Morgan fingerprint density at radius 1 is 0.842 bits per heavy atom. The molecule has 10 N–H and O–H groups in total. The molecule has 3 amide bonds. The lowest BCUT2D eigenvalue weighted by Crippen LogP contribution is -2.57. The number of carbonyl (C=O) groups is 5. The Bertz CT molecular complexity index is 954. The fourth-order valence-corrected chi connectivity index (χ4v) is 3.64. The van der Waals surface area contributed by atoms with Crippen LogP contribution in [-0.4, -0.2) is 75.7 Å². The monoisotopic (exact) mass is 537 g/mol. The fourth-order valence-electron chi connectivity index (χ4n) is 3.64. The SMILES string of the molecule is CC(C)CC(NC(=O)C(CCCCN)NC(=O)C(CC(=O)O)NC(=O)C(N)Cc1ccc(O)cc1)C(=O)O. The zero-order valence-corrected chi connectivity index (χ0v) is 21.7. The standard InChI is InChI=1S/C25H39N5O8/c1-14(2)11-20(25(37)38)30-23(35)18(5-3-4-10-26)28-24(36)19(13-21(32)33)29-22(34)17(27)12-15-6-8-16(31)9-7-15/h6-9,14,17-20,31H,3-5,10-13,26-27H2,1-2H3,(H,28,36)(H,29,34)(H,30,35)(H,32,33)(H,37,38). The topological polar surface area (TPSA) is 234 Å². The molecule has 0 aliphatic carbocycles. The van der Waals surface area contributed by atoms with Gasteiger partial charge in [0.25, 0.3) is 0 Å². The number of nitrogens with one attached hydrogen (secondary N) is 3. The Balaban J connectivity index is 2.98. The fraction of sp³-hybridized carbons (Fsp3) is 0.560. The maximum Gasteiger partial charge on any atom is 0.326 e. The number of unbranched alkanes of at least 4 members (excludes halogenated alkanes) is 1. The molecule has 0 spiro atoms. The first kappa shape index (κ1) is 32.3. The molecule has 1 rings (SSSR count). The van der Waals surface area contributed by atoms with Crippen molar-refractivity contribution in [3.8, 4) is 5.75 Å². The van der Waals surface area contributed by atoms with Crippen LogP contribution >= 0.6 is 0 Å². The van der Waals surface area contributed by atoms with Gasteiger partial charge in [0.15, 0.2) is 0 Å². The Labute approximate surface area is 221 Å². The van der Waals surface area contributed by atoms with E-state index >= 15 is 0 Å². The lowest BCUT2D eigenvalue weighted by atomic mass is 10.0. The van der Waals surface area contributed by atoms with Gasteiger partial charge in [0, 0.05) is 0 Å². The third kappa shape index (κ3) is 12.0. The van der Waals surface area contributed by atoms with Gasteiger partial charge in [0.1, 0.15) is 23.9 Å². The number of amides is 3. The Morgan fingerprint density at radius 3 is 1.92 bits per heavy atom. The molecule has 0 radical (unpaired) electrons. The normalized spacial score (nSPS) is 14.1. The van der Waals surface area contributed by atoms with Crippen LogP contribution in [0.2, 0.25) is 0 Å². The number of hydrogen-bond donors (Lipinski definition) is 8. The molecule has 0 aliphatic rings. The van der Waals surface area contributed by atoms with Crippen LogP contribution in [0.4, 0.5) is 0 Å². The van der Waals surface area contributed by atoms with Crippen molar-refractivity contribution in [3.63, 3.8) is 0 Å². The number of phenolic OH excluding ortho intramolecular Hbond substituents is 1. The smallest absolute Gasteiger partial charge is 0.326 e. The summed E-state index contributed by atoms with van der Waals surface area (Å²) < 4.78 is 0. The lowest BCUT2D eigenvalue weighted by molar-refractivity contribution is -0.143. The first-order valence-electron chi connectivity index (χ1n) is 12.4. The van der Waals surface area contributed by atoms with Crippen molar-refractivity contribution in [2.45, 2.75) is 76.5 Å². The number of aromatic hydroxyl groups is 1. The zero-order valence-electron chi connectivity index (χ0n) is 21.7. The van der Waals surface area contributed by atoms with Crippen LogP contribution in [-0.2, 0) is 30.4 Å². The van der Waals surface area contributed by atoms with Crippen LogP contribution in [0.5, 0.6) is 5.75 Å². The number of nitrogens with two attached hydrogens (primary N) is 2. The lowest BCUT2D eigenvalue weighted by Gasteiger charge is -2.25. The molecule has 4 atom stereocenters. The van der Waals surface area contributed by atoms with Crippen LogP contribution in [0.3, 0.4) is 0 Å². The summed E-state index contributed by atoms with van der Waals surface area (Å²) in [5, 5.41) is 35.3. The van der Waals surface area contributed by atoms with Crippen LogP contribution in [0.15, 0.2) is 24.3 Å². The van der Waals surface area contributed by atoms with Crippen LogP contribution in [0.1, 0.15) is 51.5 Å². The first-order valence-corrected chi connectivity index (χ1v) is 12.4. The van der Waals surface area contributed by atoms with E-state index < -0.39 is 60.2 Å². The molecule has 4 unspecified atom stereocenters. The van der Waals surface area contributed by atoms with Gasteiger partial charge < -0.3 is 42.7 Å². The van der Waals surface area contributed by atoms with Gasteiger partial charge in [-0.15, -0.1) is 0 Å². The number of hydrogen-bond acceptors (Lipinski definition) is 8. The Hall–Kier alpha value is -3.71. The highest BCUT2D eigenvalue weighted by Crippen LogP contribution is 2.11. The number of phenols is 1. The largest absolute Gasteiger partial charge is 0.508 e. The molecule has 13 nitrogen and oxygen atoms in total. The summed E-state index contributed by atoms with van der Waals surface area (Å²) in [5.41, 5.74) is 12.1. The van der Waals surface area contributed by atoms with Gasteiger partial charge in [0.05, 0.1) is 12.5 Å². The van der Waals surface area contributed by atoms with E-state index in [2.05, 4.69) is 16.0 Å². The number of benzene rings is 1. The summed E-state index contributed by atoms with van der Waals surface area (Å²) >= 11 is 0. The summed E-state index contributed by atoms with van der Waals surface area (Å²) in [6, 6.07) is 0.960. The van der Waals surface area contributed by atoms with Gasteiger partial charge in [-0.1, -0.05) is 26.0 Å². The van der Waals surface area contributed by atoms with Crippen molar-refractivity contribution in [1.82, 2.24) is 16.0 Å². The van der Waals surface area contributed by atoms with E-state index in [9.17, 15) is 39.3 Å². The van der Waals surface area contributed by atoms with Gasteiger partial charge in [0.2, 0.25) is 17.7 Å². The molecule has 0 saturated carbocycles. The van der Waals surface area contributed by atoms with Crippen molar-refractivity contribution in [2.75, 3.05) is 6.54 Å². The Kier molecular flexibility index (Phi) is 13.8. The average molecular weight is 538 g/mol. The van der Waals surface area contributed by atoms with Gasteiger partial charge in [-0.3, -0.25) is 19.2 Å². The van der Waals surface area contributed by atoms with Crippen molar-refractivity contribution < 1.29 is 39.3 Å². The molecule has 13 heteroatoms. The molecular weight excluding hydrogens is 498 g/mol. The quantitative estimate of drug-likeness (QED) is 0.118. The third-order valence-corrected chi connectivity index (χ3v) is 5.64. The highest BCUT2D eigenvalue weighted by Gasteiger charge is 2.31. The minimum atomic E-state index is -1.54. The van der Waals surface area contributed by atoms with E-state index in [1.807, 2.05) is 0 Å². The molecule has 0 aromatic heterocycles. The molecule has 38 heavy (non-hydrogen) atoms. The van der Waals surface area contributed by atoms with Gasteiger partial charge in [-0.05, 0) is 62.3 Å². The van der Waals surface area contributed by atoms with E-state index in [-0.39, 0.29) is 30.9 Å². The number of rotatable bonds is 17. The van der Waals surface area contributed by atoms with Gasteiger partial charge in [-0.2, -0.15) is 0 Å². The van der Waals surface area contributed by atoms with Crippen molar-refractivity contribution in [3.05, 3.63) is 29.8 Å². The summed E-state index contributed by atoms with van der Waals surface area (Å²) in [7, 11) is 0. The van der Waals surface area contributed by atoms with Crippen molar-refractivity contribution >= 4 is 29.7 Å². The molecular formula is C25H39N5O8. The minimum absolute atomic E-state index is 0.0253. The van der Waals surface area contributed by atoms with Gasteiger partial charge >= 0.3 is 11.9 Å². The number of carboxylic acid groups (broad SMARTS) is 2. The number of carboxylic acids is 2. The third-order valence-electron chi connectivity index (χ3n) is 5.64. The molecule has 0 bridgehead atoms. The van der Waals surface area contributed by atoms with Crippen LogP contribution < -0.4 is 27.4 Å². The Morgan fingerprint density at radius 2 is 1.39 bits per heavy atom. The molecule has 0 fully saturated rings. The highest BCUT2D eigenvalue weighted by molar-refractivity contribution is 5.95. The van der Waals surface area contributed by atoms with E-state index in [4.69, 9.17) is 11.5 Å². The first-order chi connectivity index (χ1) is 17.8.